The molecule has 3 rings (SSSR count). The van der Waals surface area contributed by atoms with Crippen LogP contribution in [0.15, 0.2) is 41.7 Å². The molecule has 3 aromatic rings. The largest absolute Gasteiger partial charge is 0.609 e. The quantitative estimate of drug-likeness (QED) is 0.712. The lowest BCUT2D eigenvalue weighted by Gasteiger charge is -2.12. The lowest BCUT2D eigenvalue weighted by molar-refractivity contribution is 0.586. The first-order valence-electron chi connectivity index (χ1n) is 7.02. The van der Waals surface area contributed by atoms with Crippen LogP contribution in [0.2, 0.25) is 0 Å². The Bertz CT molecular complexity index is 1010. The molecular weight excluding hydrogens is 348 g/mol. The molecule has 0 fully saturated rings. The molecule has 0 aliphatic heterocycles. The number of benzene rings is 1. The first-order valence-corrected chi connectivity index (χ1v) is 10.5. The van der Waals surface area contributed by atoms with Crippen molar-refractivity contribution in [3.05, 3.63) is 42.1 Å². The second kappa shape index (κ2) is 6.08. The highest BCUT2D eigenvalue weighted by Gasteiger charge is 2.18. The molecule has 0 spiro atoms. The predicted octanol–water partition coefficient (Wildman–Crippen LogP) is 1.81. The normalized spacial score (nSPS) is 13.2. The lowest BCUT2D eigenvalue weighted by Crippen LogP contribution is -2.11. The average molecular weight is 364 g/mol. The summed E-state index contributed by atoms with van der Waals surface area (Å²) in [5, 5.41) is 4.55. The van der Waals surface area contributed by atoms with E-state index in [2.05, 4.69) is 14.8 Å². The smallest absolute Gasteiger partial charge is 0.359 e. The highest BCUT2D eigenvalue weighted by molar-refractivity contribution is 7.92. The van der Waals surface area contributed by atoms with Gasteiger partial charge in [0.1, 0.15) is 6.26 Å². The van der Waals surface area contributed by atoms with E-state index in [9.17, 15) is 13.0 Å². The minimum atomic E-state index is -3.42. The molecule has 0 saturated heterocycles. The molecule has 0 aliphatic rings. The van der Waals surface area contributed by atoms with Crippen LogP contribution in [0.4, 0.5) is 5.69 Å². The monoisotopic (exact) mass is 364 g/mol. The number of aromatic nitrogens is 3. The SMILES string of the molecule is Cc1cc2cnc([S+](C)[O-])nn2c1-c1ccccc1NS(C)(=O)=O. The van der Waals surface area contributed by atoms with E-state index in [0.29, 0.717) is 11.3 Å². The molecule has 1 N–H and O–H groups in total. The molecule has 7 nitrogen and oxygen atoms in total. The Hall–Kier alpha value is -2.10. The number of hydrogen-bond acceptors (Lipinski definition) is 5. The Morgan fingerprint density at radius 3 is 2.67 bits per heavy atom. The highest BCUT2D eigenvalue weighted by Crippen LogP contribution is 2.32. The summed E-state index contributed by atoms with van der Waals surface area (Å²) in [5.74, 6) is 0. The molecule has 0 saturated carbocycles. The molecule has 2 aromatic heterocycles. The molecule has 1 atom stereocenters. The summed E-state index contributed by atoms with van der Waals surface area (Å²) in [4.78, 5) is 4.09. The summed E-state index contributed by atoms with van der Waals surface area (Å²) in [6, 6.07) is 8.97. The maximum Gasteiger partial charge on any atom is 0.359 e. The summed E-state index contributed by atoms with van der Waals surface area (Å²) < 4.78 is 39.1. The number of anilines is 1. The van der Waals surface area contributed by atoms with Crippen molar-refractivity contribution in [2.24, 2.45) is 0 Å². The molecule has 0 bridgehead atoms. The van der Waals surface area contributed by atoms with Gasteiger partial charge in [-0.1, -0.05) is 23.3 Å². The number of hydrogen-bond donors (Lipinski definition) is 1. The molecule has 126 valence electrons. The van der Waals surface area contributed by atoms with Gasteiger partial charge < -0.3 is 4.55 Å². The third-order valence-electron chi connectivity index (χ3n) is 3.42. The predicted molar refractivity (Wildman–Crippen MR) is 94.0 cm³/mol. The Kier molecular flexibility index (Phi) is 4.24. The molecule has 0 radical (unpaired) electrons. The zero-order valence-electron chi connectivity index (χ0n) is 13.3. The summed E-state index contributed by atoms with van der Waals surface area (Å²) in [6.45, 7) is 1.91. The van der Waals surface area contributed by atoms with Crippen molar-refractivity contribution < 1.29 is 13.0 Å². The highest BCUT2D eigenvalue weighted by atomic mass is 32.2. The number of rotatable bonds is 4. The number of nitrogens with one attached hydrogen (secondary N) is 1. The lowest BCUT2D eigenvalue weighted by atomic mass is 10.1. The third-order valence-corrected chi connectivity index (χ3v) is 4.71. The Morgan fingerprint density at radius 2 is 2.00 bits per heavy atom. The second-order valence-corrected chi connectivity index (χ2v) is 8.45. The number of para-hydroxylation sites is 1. The van der Waals surface area contributed by atoms with Gasteiger partial charge in [-0.25, -0.2) is 12.9 Å². The van der Waals surface area contributed by atoms with Crippen LogP contribution in [0.25, 0.3) is 16.8 Å². The van der Waals surface area contributed by atoms with Gasteiger partial charge in [0.25, 0.3) is 0 Å². The van der Waals surface area contributed by atoms with E-state index in [1.54, 1.807) is 22.8 Å². The fraction of sp³-hybridized carbons (Fsp3) is 0.200. The average Bonchev–Trinajstić information content (AvgIpc) is 2.81. The van der Waals surface area contributed by atoms with Gasteiger partial charge in [-0.2, -0.15) is 4.98 Å². The van der Waals surface area contributed by atoms with Crippen molar-refractivity contribution in [2.45, 2.75) is 12.1 Å². The van der Waals surface area contributed by atoms with E-state index in [-0.39, 0.29) is 5.16 Å². The Balaban J connectivity index is 2.27. The maximum absolute atomic E-state index is 11.7. The number of sulfonamides is 1. The van der Waals surface area contributed by atoms with Gasteiger partial charge in [-0.05, 0) is 24.6 Å². The fourth-order valence-corrected chi connectivity index (χ4v) is 3.49. The molecular formula is C15H16N4O3S2. The molecule has 0 amide bonds. The summed E-state index contributed by atoms with van der Waals surface area (Å²) in [7, 11) is -3.42. The van der Waals surface area contributed by atoms with Crippen LogP contribution in [0.5, 0.6) is 0 Å². The van der Waals surface area contributed by atoms with E-state index in [1.165, 1.54) is 6.26 Å². The second-order valence-electron chi connectivity index (χ2n) is 5.43. The van der Waals surface area contributed by atoms with E-state index in [4.69, 9.17) is 0 Å². The van der Waals surface area contributed by atoms with Crippen molar-refractivity contribution in [1.29, 1.82) is 0 Å². The molecule has 24 heavy (non-hydrogen) atoms. The number of nitrogens with zero attached hydrogens (tertiary/aromatic N) is 3. The van der Waals surface area contributed by atoms with Crippen LogP contribution in [-0.2, 0) is 21.2 Å². The van der Waals surface area contributed by atoms with Crippen molar-refractivity contribution in [1.82, 2.24) is 14.6 Å². The van der Waals surface area contributed by atoms with Crippen molar-refractivity contribution in [3.63, 3.8) is 0 Å². The first kappa shape index (κ1) is 16.7. The van der Waals surface area contributed by atoms with Gasteiger partial charge in [-0.15, -0.1) is 0 Å². The van der Waals surface area contributed by atoms with Crippen LogP contribution in [0.1, 0.15) is 5.56 Å². The van der Waals surface area contributed by atoms with Crippen LogP contribution >= 0.6 is 0 Å². The van der Waals surface area contributed by atoms with Crippen LogP contribution < -0.4 is 4.72 Å². The van der Waals surface area contributed by atoms with Gasteiger partial charge in [0.2, 0.25) is 10.0 Å². The van der Waals surface area contributed by atoms with E-state index in [0.717, 1.165) is 23.0 Å². The molecule has 0 aliphatic carbocycles. The maximum atomic E-state index is 11.7. The molecule has 9 heteroatoms. The minimum Gasteiger partial charge on any atom is -0.609 e. The van der Waals surface area contributed by atoms with Gasteiger partial charge in [0.05, 0.1) is 29.4 Å². The van der Waals surface area contributed by atoms with E-state index in [1.807, 2.05) is 25.1 Å². The van der Waals surface area contributed by atoms with E-state index < -0.39 is 21.2 Å². The van der Waals surface area contributed by atoms with Gasteiger partial charge in [-0.3, -0.25) is 4.72 Å². The van der Waals surface area contributed by atoms with E-state index >= 15 is 0 Å². The molecule has 1 unspecified atom stereocenters. The Labute approximate surface area is 143 Å². The van der Waals surface area contributed by atoms with Gasteiger partial charge in [0, 0.05) is 16.7 Å². The summed E-state index contributed by atoms with van der Waals surface area (Å²) in [6.07, 6.45) is 4.22. The first-order chi connectivity index (χ1) is 11.3. The van der Waals surface area contributed by atoms with Crippen LogP contribution in [0.3, 0.4) is 0 Å². The topological polar surface area (TPSA) is 99.4 Å². The van der Waals surface area contributed by atoms with Gasteiger partial charge >= 0.3 is 5.16 Å². The minimum absolute atomic E-state index is 0.216. The number of fused-ring (bicyclic) bond motifs is 1. The van der Waals surface area contributed by atoms with Crippen molar-refractivity contribution in [3.8, 4) is 11.3 Å². The van der Waals surface area contributed by atoms with Gasteiger partial charge in [0.15, 0.2) is 0 Å². The summed E-state index contributed by atoms with van der Waals surface area (Å²) in [5.41, 5.74) is 3.52. The zero-order valence-corrected chi connectivity index (χ0v) is 15.0. The molecule has 1 aromatic carbocycles. The zero-order chi connectivity index (χ0) is 17.5. The number of aryl methyl sites for hydroxylation is 1. The third kappa shape index (κ3) is 3.23. The summed E-state index contributed by atoms with van der Waals surface area (Å²) >= 11 is -1.32. The fourth-order valence-electron chi connectivity index (χ4n) is 2.52. The van der Waals surface area contributed by atoms with Crippen molar-refractivity contribution in [2.75, 3.05) is 17.2 Å². The van der Waals surface area contributed by atoms with Crippen LogP contribution in [0, 0.1) is 6.92 Å². The van der Waals surface area contributed by atoms with Crippen molar-refractivity contribution >= 4 is 32.4 Å². The van der Waals surface area contributed by atoms with Crippen LogP contribution in [-0.4, -0.2) is 40.1 Å². The molecule has 2 heterocycles. The Morgan fingerprint density at radius 1 is 1.29 bits per heavy atom. The standard InChI is InChI=1S/C15H16N4O3S2/c1-10-8-11-9-16-15(23(2)20)17-19(11)14(10)12-6-4-5-7-13(12)18-24(3,21)22/h4-9,18H,1-3H3.